The second-order valence-electron chi connectivity index (χ2n) is 4.79. The lowest BCUT2D eigenvalue weighted by molar-refractivity contribution is 0.0706. The third-order valence-corrected chi connectivity index (χ3v) is 4.57. The highest BCUT2D eigenvalue weighted by atomic mass is 35.5. The average Bonchev–Trinajstić information content (AvgIpc) is 2.78. The molecule has 1 aliphatic rings. The van der Waals surface area contributed by atoms with E-state index >= 15 is 0 Å². The highest BCUT2D eigenvalue weighted by Crippen LogP contribution is 2.27. The molecule has 3 N–H and O–H groups in total. The van der Waals surface area contributed by atoms with Crippen molar-refractivity contribution in [3.05, 3.63) is 28.8 Å². The number of anilines is 1. The molecule has 1 aliphatic heterocycles. The maximum Gasteiger partial charge on any atom is 0.319 e. The lowest BCUT2D eigenvalue weighted by Crippen LogP contribution is -2.44. The molecule has 104 valence electrons. The van der Waals surface area contributed by atoms with Crippen LogP contribution in [0, 0.1) is 6.92 Å². The van der Waals surface area contributed by atoms with E-state index in [-0.39, 0.29) is 12.6 Å². The fourth-order valence-corrected chi connectivity index (χ4v) is 3.44. The molecule has 0 spiro atoms. The summed E-state index contributed by atoms with van der Waals surface area (Å²) in [6, 6.07) is 4.97. The largest absolute Gasteiger partial charge is 0.387 e. The quantitative estimate of drug-likeness (QED) is 0.804. The zero-order valence-corrected chi connectivity index (χ0v) is 12.3. The maximum absolute atomic E-state index is 11.8. The third kappa shape index (κ3) is 4.03. The van der Waals surface area contributed by atoms with Gasteiger partial charge in [0.15, 0.2) is 0 Å². The number of hydrogen-bond donors (Lipinski definition) is 3. The summed E-state index contributed by atoms with van der Waals surface area (Å²) < 4.78 is 0. The first-order valence-corrected chi connectivity index (χ1v) is 7.63. The van der Waals surface area contributed by atoms with E-state index in [0.29, 0.717) is 10.8 Å². The molecule has 1 unspecified atom stereocenters. The Bertz CT molecular complexity index is 476. The molecule has 1 aromatic rings. The van der Waals surface area contributed by atoms with Crippen molar-refractivity contribution < 1.29 is 9.90 Å². The van der Waals surface area contributed by atoms with Gasteiger partial charge in [0.05, 0.1) is 5.60 Å². The summed E-state index contributed by atoms with van der Waals surface area (Å²) in [6.45, 7) is 2.15. The number of amides is 2. The molecule has 0 aliphatic carbocycles. The van der Waals surface area contributed by atoms with Crippen LogP contribution in [0.25, 0.3) is 0 Å². The standard InChI is InChI=1S/C13H17ClN2O2S/c1-9-6-10(14)2-3-11(9)16-12(17)15-7-13(18)4-5-19-8-13/h2-3,6,18H,4-5,7-8H2,1H3,(H2,15,16,17). The van der Waals surface area contributed by atoms with Crippen LogP contribution in [0.2, 0.25) is 5.02 Å². The van der Waals surface area contributed by atoms with Crippen molar-refractivity contribution in [1.29, 1.82) is 0 Å². The van der Waals surface area contributed by atoms with Crippen molar-refractivity contribution in [2.45, 2.75) is 18.9 Å². The number of carbonyl (C=O) groups excluding carboxylic acids is 1. The summed E-state index contributed by atoms with van der Waals surface area (Å²) in [4.78, 5) is 11.8. The first kappa shape index (κ1) is 14.5. The lowest BCUT2D eigenvalue weighted by Gasteiger charge is -2.21. The number of nitrogens with one attached hydrogen (secondary N) is 2. The highest BCUT2D eigenvalue weighted by molar-refractivity contribution is 7.99. The molecule has 1 aromatic carbocycles. The van der Waals surface area contributed by atoms with Crippen molar-refractivity contribution in [1.82, 2.24) is 5.32 Å². The molecular formula is C13H17ClN2O2S. The van der Waals surface area contributed by atoms with E-state index in [0.717, 1.165) is 23.4 Å². The zero-order chi connectivity index (χ0) is 13.9. The zero-order valence-electron chi connectivity index (χ0n) is 10.7. The van der Waals surface area contributed by atoms with Gasteiger partial charge >= 0.3 is 6.03 Å². The number of benzene rings is 1. The Morgan fingerprint density at radius 1 is 1.58 bits per heavy atom. The highest BCUT2D eigenvalue weighted by Gasteiger charge is 2.31. The minimum atomic E-state index is -0.767. The summed E-state index contributed by atoms with van der Waals surface area (Å²) in [7, 11) is 0. The van der Waals surface area contributed by atoms with E-state index in [9.17, 15) is 9.90 Å². The van der Waals surface area contributed by atoms with E-state index in [4.69, 9.17) is 11.6 Å². The number of hydrogen-bond acceptors (Lipinski definition) is 3. The van der Waals surface area contributed by atoms with Gasteiger partial charge in [-0.05, 0) is 42.9 Å². The van der Waals surface area contributed by atoms with Crippen LogP contribution in [0.3, 0.4) is 0 Å². The number of rotatable bonds is 3. The minimum absolute atomic E-state index is 0.276. The van der Waals surface area contributed by atoms with Gasteiger partial charge in [-0.2, -0.15) is 11.8 Å². The van der Waals surface area contributed by atoms with Crippen LogP contribution >= 0.6 is 23.4 Å². The molecule has 1 fully saturated rings. The Labute approximate surface area is 121 Å². The van der Waals surface area contributed by atoms with Crippen molar-refractivity contribution in [2.75, 3.05) is 23.4 Å². The minimum Gasteiger partial charge on any atom is -0.387 e. The van der Waals surface area contributed by atoms with Gasteiger partial charge in [0, 0.05) is 23.0 Å². The summed E-state index contributed by atoms with van der Waals surface area (Å²) in [6.07, 6.45) is 0.720. The van der Waals surface area contributed by atoms with E-state index in [2.05, 4.69) is 10.6 Å². The number of aryl methyl sites for hydroxylation is 1. The molecule has 1 saturated heterocycles. The Kier molecular flexibility index (Phi) is 4.60. The van der Waals surface area contributed by atoms with E-state index < -0.39 is 5.60 Å². The van der Waals surface area contributed by atoms with E-state index in [1.165, 1.54) is 0 Å². The Hall–Kier alpha value is -0.910. The van der Waals surface area contributed by atoms with Gasteiger partial charge in [-0.25, -0.2) is 4.79 Å². The fourth-order valence-electron chi connectivity index (χ4n) is 1.91. The van der Waals surface area contributed by atoms with Crippen LogP contribution in [-0.4, -0.2) is 34.8 Å². The van der Waals surface area contributed by atoms with Gasteiger partial charge in [0.2, 0.25) is 0 Å². The lowest BCUT2D eigenvalue weighted by atomic mass is 10.0. The van der Waals surface area contributed by atoms with Crippen LogP contribution in [0.4, 0.5) is 10.5 Å². The predicted molar refractivity (Wildman–Crippen MR) is 80.1 cm³/mol. The molecule has 2 rings (SSSR count). The molecule has 1 heterocycles. The molecule has 0 radical (unpaired) electrons. The summed E-state index contributed by atoms with van der Waals surface area (Å²) in [5.41, 5.74) is 0.851. The van der Waals surface area contributed by atoms with Crippen molar-refractivity contribution in [3.8, 4) is 0 Å². The molecule has 19 heavy (non-hydrogen) atoms. The van der Waals surface area contributed by atoms with Crippen LogP contribution in [0.1, 0.15) is 12.0 Å². The van der Waals surface area contributed by atoms with Crippen molar-refractivity contribution >= 4 is 35.1 Å². The second-order valence-corrected chi connectivity index (χ2v) is 6.34. The molecule has 6 heteroatoms. The second kappa shape index (κ2) is 6.03. The van der Waals surface area contributed by atoms with Gasteiger partial charge in [-0.15, -0.1) is 0 Å². The number of halogens is 1. The summed E-state index contributed by atoms with van der Waals surface area (Å²) in [5, 5.41) is 16.2. The monoisotopic (exact) mass is 300 g/mol. The number of urea groups is 1. The number of aliphatic hydroxyl groups is 1. The van der Waals surface area contributed by atoms with E-state index in [1.807, 2.05) is 6.92 Å². The van der Waals surface area contributed by atoms with Gasteiger partial charge in [-0.1, -0.05) is 11.6 Å². The number of thioether (sulfide) groups is 1. The third-order valence-electron chi connectivity index (χ3n) is 3.10. The predicted octanol–water partition coefficient (Wildman–Crippen LogP) is 2.64. The van der Waals surface area contributed by atoms with Crippen molar-refractivity contribution in [3.63, 3.8) is 0 Å². The first-order chi connectivity index (χ1) is 8.98. The molecule has 0 saturated carbocycles. The van der Waals surface area contributed by atoms with E-state index in [1.54, 1.807) is 30.0 Å². The van der Waals surface area contributed by atoms with Gasteiger partial charge in [0.25, 0.3) is 0 Å². The fraction of sp³-hybridized carbons (Fsp3) is 0.462. The maximum atomic E-state index is 11.8. The van der Waals surface area contributed by atoms with Crippen molar-refractivity contribution in [2.24, 2.45) is 0 Å². The molecule has 1 atom stereocenters. The van der Waals surface area contributed by atoms with Gasteiger partial charge in [-0.3, -0.25) is 0 Å². The Morgan fingerprint density at radius 3 is 3.00 bits per heavy atom. The molecule has 4 nitrogen and oxygen atoms in total. The van der Waals surface area contributed by atoms with Crippen LogP contribution in [0.5, 0.6) is 0 Å². The molecule has 2 amide bonds. The molecule has 0 bridgehead atoms. The summed E-state index contributed by atoms with van der Waals surface area (Å²) >= 11 is 7.56. The Morgan fingerprint density at radius 2 is 2.37 bits per heavy atom. The van der Waals surface area contributed by atoms with Gasteiger partial charge in [0.1, 0.15) is 0 Å². The summed E-state index contributed by atoms with van der Waals surface area (Å²) in [5.74, 6) is 1.61. The molecular weight excluding hydrogens is 284 g/mol. The number of carbonyl (C=O) groups is 1. The normalized spacial score (nSPS) is 22.3. The average molecular weight is 301 g/mol. The Balaban J connectivity index is 1.87. The SMILES string of the molecule is Cc1cc(Cl)ccc1NC(=O)NCC1(O)CCSC1. The van der Waals surface area contributed by atoms with Crippen LogP contribution < -0.4 is 10.6 Å². The topological polar surface area (TPSA) is 61.4 Å². The van der Waals surface area contributed by atoms with Gasteiger partial charge < -0.3 is 15.7 Å². The van der Waals surface area contributed by atoms with Crippen LogP contribution in [0.15, 0.2) is 18.2 Å². The molecule has 0 aromatic heterocycles. The first-order valence-electron chi connectivity index (χ1n) is 6.10. The van der Waals surface area contributed by atoms with Crippen LogP contribution in [-0.2, 0) is 0 Å². The smallest absolute Gasteiger partial charge is 0.319 e.